The number of hydrogen-bond donors (Lipinski definition) is 2. The lowest BCUT2D eigenvalue weighted by atomic mass is 10.3. The van der Waals surface area contributed by atoms with Gasteiger partial charge in [0.25, 0.3) is 0 Å². The molecule has 0 unspecified atom stereocenters. The third-order valence-corrected chi connectivity index (χ3v) is 2.30. The van der Waals surface area contributed by atoms with E-state index in [-0.39, 0.29) is 12.5 Å². The summed E-state index contributed by atoms with van der Waals surface area (Å²) in [5.74, 6) is 2.01. The first kappa shape index (κ1) is 12.9. The molecule has 7 nitrogen and oxygen atoms in total. The van der Waals surface area contributed by atoms with Crippen molar-refractivity contribution in [3.63, 3.8) is 0 Å². The molecule has 100 valence electrons. The predicted octanol–water partition coefficient (Wildman–Crippen LogP) is 1.31. The number of hydrogen-bond acceptors (Lipinski definition) is 5. The Morgan fingerprint density at radius 1 is 1.53 bits per heavy atom. The van der Waals surface area contributed by atoms with E-state index in [1.165, 1.54) is 0 Å². The zero-order chi connectivity index (χ0) is 13.7. The van der Waals surface area contributed by atoms with E-state index >= 15 is 0 Å². The molecule has 1 aromatic heterocycles. The lowest BCUT2D eigenvalue weighted by Gasteiger charge is -2.06. The highest BCUT2D eigenvalue weighted by molar-refractivity contribution is 5.92. The van der Waals surface area contributed by atoms with Gasteiger partial charge in [0.2, 0.25) is 5.89 Å². The van der Waals surface area contributed by atoms with E-state index in [0.717, 1.165) is 11.4 Å². The Morgan fingerprint density at radius 2 is 2.37 bits per heavy atom. The molecule has 2 rings (SSSR count). The maximum absolute atomic E-state index is 5.76. The van der Waals surface area contributed by atoms with Gasteiger partial charge in [-0.1, -0.05) is 11.2 Å². The largest absolute Gasteiger partial charge is 0.497 e. The lowest BCUT2D eigenvalue weighted by Crippen LogP contribution is -2.22. The van der Waals surface area contributed by atoms with Gasteiger partial charge in [0.1, 0.15) is 12.3 Å². The maximum Gasteiger partial charge on any atom is 0.223 e. The number of aliphatic imine (C=N–C) groups is 1. The summed E-state index contributed by atoms with van der Waals surface area (Å²) in [5, 5.41) is 6.68. The van der Waals surface area contributed by atoms with Crippen LogP contribution in [0.4, 0.5) is 5.69 Å². The molecule has 1 heterocycles. The molecule has 0 aliphatic rings. The molecular formula is C12H15N5O2. The Balaban J connectivity index is 1.97. The molecule has 19 heavy (non-hydrogen) atoms. The van der Waals surface area contributed by atoms with Crippen molar-refractivity contribution in [2.24, 2.45) is 10.7 Å². The number of ether oxygens (including phenoxy) is 1. The number of nitrogens with one attached hydrogen (secondary N) is 1. The molecule has 0 amide bonds. The van der Waals surface area contributed by atoms with Gasteiger partial charge in [-0.2, -0.15) is 4.98 Å². The van der Waals surface area contributed by atoms with Gasteiger partial charge in [0, 0.05) is 18.7 Å². The van der Waals surface area contributed by atoms with Crippen LogP contribution in [-0.4, -0.2) is 23.2 Å². The quantitative estimate of drug-likeness (QED) is 0.636. The van der Waals surface area contributed by atoms with Crippen LogP contribution in [0.1, 0.15) is 11.7 Å². The first-order valence-electron chi connectivity index (χ1n) is 5.67. The summed E-state index contributed by atoms with van der Waals surface area (Å²) in [6, 6.07) is 7.39. The molecule has 0 aliphatic heterocycles. The zero-order valence-corrected chi connectivity index (χ0v) is 10.8. The number of aryl methyl sites for hydroxylation is 1. The number of anilines is 1. The van der Waals surface area contributed by atoms with E-state index in [9.17, 15) is 0 Å². The van der Waals surface area contributed by atoms with Crippen LogP contribution in [0.5, 0.6) is 5.75 Å². The topological polar surface area (TPSA) is 98.6 Å². The second-order valence-electron chi connectivity index (χ2n) is 3.79. The lowest BCUT2D eigenvalue weighted by molar-refractivity contribution is 0.387. The van der Waals surface area contributed by atoms with E-state index in [0.29, 0.717) is 11.7 Å². The van der Waals surface area contributed by atoms with Crippen molar-refractivity contribution in [1.29, 1.82) is 0 Å². The van der Waals surface area contributed by atoms with Gasteiger partial charge < -0.3 is 20.3 Å². The molecule has 0 spiro atoms. The Morgan fingerprint density at radius 3 is 3.05 bits per heavy atom. The second kappa shape index (κ2) is 5.85. The Labute approximate surface area is 110 Å². The number of aromatic nitrogens is 2. The fourth-order valence-electron chi connectivity index (χ4n) is 1.45. The number of methoxy groups -OCH3 is 1. The van der Waals surface area contributed by atoms with E-state index in [4.69, 9.17) is 15.0 Å². The molecule has 0 aliphatic carbocycles. The predicted molar refractivity (Wildman–Crippen MR) is 71.0 cm³/mol. The van der Waals surface area contributed by atoms with Gasteiger partial charge in [0.15, 0.2) is 11.8 Å². The van der Waals surface area contributed by atoms with Crippen molar-refractivity contribution >= 4 is 11.6 Å². The van der Waals surface area contributed by atoms with Crippen LogP contribution in [0.3, 0.4) is 0 Å². The van der Waals surface area contributed by atoms with Crippen LogP contribution >= 0.6 is 0 Å². The maximum atomic E-state index is 5.76. The molecule has 1 aromatic carbocycles. The van der Waals surface area contributed by atoms with Crippen molar-refractivity contribution in [2.45, 2.75) is 13.5 Å². The molecule has 0 atom stereocenters. The molecule has 0 fully saturated rings. The van der Waals surface area contributed by atoms with Crippen molar-refractivity contribution in [3.8, 4) is 5.75 Å². The number of nitrogens with zero attached hydrogens (tertiary/aromatic N) is 3. The van der Waals surface area contributed by atoms with E-state index in [2.05, 4.69) is 20.4 Å². The first-order valence-corrected chi connectivity index (χ1v) is 5.67. The van der Waals surface area contributed by atoms with Gasteiger partial charge in [-0.25, -0.2) is 4.99 Å². The average molecular weight is 261 g/mol. The highest BCUT2D eigenvalue weighted by Gasteiger charge is 2.01. The number of nitrogens with two attached hydrogens (primary N) is 1. The van der Waals surface area contributed by atoms with Gasteiger partial charge in [-0.3, -0.25) is 0 Å². The summed E-state index contributed by atoms with van der Waals surface area (Å²) >= 11 is 0. The molecule has 0 saturated heterocycles. The Hall–Kier alpha value is -2.57. The van der Waals surface area contributed by atoms with Gasteiger partial charge in [-0.05, 0) is 12.1 Å². The van der Waals surface area contributed by atoms with Crippen molar-refractivity contribution in [1.82, 2.24) is 10.1 Å². The molecule has 0 bridgehead atoms. The van der Waals surface area contributed by atoms with E-state index in [1.807, 2.05) is 24.3 Å². The van der Waals surface area contributed by atoms with Crippen LogP contribution in [0, 0.1) is 6.92 Å². The second-order valence-corrected chi connectivity index (χ2v) is 3.79. The number of guanidine groups is 1. The molecule has 0 saturated carbocycles. The Kier molecular flexibility index (Phi) is 3.97. The SMILES string of the molecule is COc1cccc(NC(N)=NCc2noc(C)n2)c1. The van der Waals surface area contributed by atoms with Crippen LogP contribution < -0.4 is 15.8 Å². The summed E-state index contributed by atoms with van der Waals surface area (Å²) in [6.07, 6.45) is 0. The number of rotatable bonds is 4. The first-order chi connectivity index (χ1) is 9.17. The van der Waals surface area contributed by atoms with Gasteiger partial charge in [0.05, 0.1) is 7.11 Å². The van der Waals surface area contributed by atoms with Crippen molar-refractivity contribution in [3.05, 3.63) is 36.0 Å². The monoisotopic (exact) mass is 261 g/mol. The molecule has 7 heteroatoms. The van der Waals surface area contributed by atoms with E-state index < -0.39 is 0 Å². The minimum atomic E-state index is 0.264. The molecule has 2 aromatic rings. The van der Waals surface area contributed by atoms with E-state index in [1.54, 1.807) is 14.0 Å². The summed E-state index contributed by atoms with van der Waals surface area (Å²) in [5.41, 5.74) is 6.56. The summed E-state index contributed by atoms with van der Waals surface area (Å²) < 4.78 is 9.95. The standard InChI is InChI=1S/C12H15N5O2/c1-8-15-11(17-19-8)7-14-12(13)16-9-4-3-5-10(6-9)18-2/h3-6H,7H2,1-2H3,(H3,13,14,16). The smallest absolute Gasteiger partial charge is 0.223 e. The highest BCUT2D eigenvalue weighted by atomic mass is 16.5. The number of benzene rings is 1. The fraction of sp³-hybridized carbons (Fsp3) is 0.250. The average Bonchev–Trinajstić information content (AvgIpc) is 2.82. The van der Waals surface area contributed by atoms with Crippen LogP contribution in [0.2, 0.25) is 0 Å². The normalized spacial score (nSPS) is 11.4. The Bertz CT molecular complexity index is 579. The summed E-state index contributed by atoms with van der Waals surface area (Å²) in [6.45, 7) is 1.98. The van der Waals surface area contributed by atoms with Crippen LogP contribution in [0.15, 0.2) is 33.8 Å². The van der Waals surface area contributed by atoms with Crippen LogP contribution in [0.25, 0.3) is 0 Å². The third kappa shape index (κ3) is 3.70. The van der Waals surface area contributed by atoms with Crippen molar-refractivity contribution < 1.29 is 9.26 Å². The van der Waals surface area contributed by atoms with Crippen LogP contribution in [-0.2, 0) is 6.54 Å². The third-order valence-electron chi connectivity index (χ3n) is 2.30. The molecular weight excluding hydrogens is 246 g/mol. The fourth-order valence-corrected chi connectivity index (χ4v) is 1.45. The molecule has 3 N–H and O–H groups in total. The summed E-state index contributed by atoms with van der Waals surface area (Å²) in [4.78, 5) is 8.14. The van der Waals surface area contributed by atoms with Gasteiger partial charge >= 0.3 is 0 Å². The highest BCUT2D eigenvalue weighted by Crippen LogP contribution is 2.16. The zero-order valence-electron chi connectivity index (χ0n) is 10.8. The minimum Gasteiger partial charge on any atom is -0.497 e. The molecule has 0 radical (unpaired) electrons. The van der Waals surface area contributed by atoms with Gasteiger partial charge in [-0.15, -0.1) is 0 Å². The minimum absolute atomic E-state index is 0.264. The van der Waals surface area contributed by atoms with Crippen molar-refractivity contribution in [2.75, 3.05) is 12.4 Å². The summed E-state index contributed by atoms with van der Waals surface area (Å²) in [7, 11) is 1.61.